The minimum absolute atomic E-state index is 0.0728. The zero-order chi connectivity index (χ0) is 17.5. The molecule has 0 bridgehead atoms. The lowest BCUT2D eigenvalue weighted by atomic mass is 10.0. The van der Waals surface area contributed by atoms with E-state index in [9.17, 15) is 14.7 Å². The van der Waals surface area contributed by atoms with E-state index in [1.165, 1.54) is 0 Å². The molecule has 1 amide bonds. The Morgan fingerprint density at radius 1 is 1.17 bits per heavy atom. The van der Waals surface area contributed by atoms with Crippen molar-refractivity contribution in [2.75, 3.05) is 7.11 Å². The van der Waals surface area contributed by atoms with Crippen LogP contribution in [0, 0.1) is 6.92 Å². The van der Waals surface area contributed by atoms with Gasteiger partial charge in [-0.25, -0.2) is 4.79 Å². The molecule has 24 heavy (non-hydrogen) atoms. The number of carbonyl (C=O) groups is 2. The average molecular weight is 327 g/mol. The van der Waals surface area contributed by atoms with Crippen LogP contribution >= 0.6 is 0 Å². The Morgan fingerprint density at radius 2 is 1.88 bits per heavy atom. The highest BCUT2D eigenvalue weighted by atomic mass is 16.5. The maximum Gasteiger partial charge on any atom is 0.326 e. The van der Waals surface area contributed by atoms with Gasteiger partial charge >= 0.3 is 5.97 Å². The second-order valence-corrected chi connectivity index (χ2v) is 5.64. The highest BCUT2D eigenvalue weighted by molar-refractivity contribution is 5.85. The van der Waals surface area contributed by atoms with Crippen molar-refractivity contribution in [3.05, 3.63) is 65.2 Å². The smallest absolute Gasteiger partial charge is 0.326 e. The van der Waals surface area contributed by atoms with Crippen molar-refractivity contribution in [2.45, 2.75) is 25.8 Å². The van der Waals surface area contributed by atoms with Crippen LogP contribution in [0.15, 0.2) is 48.5 Å². The van der Waals surface area contributed by atoms with Gasteiger partial charge in [-0.3, -0.25) is 4.79 Å². The Balaban J connectivity index is 2.06. The van der Waals surface area contributed by atoms with Crippen LogP contribution in [0.3, 0.4) is 0 Å². The van der Waals surface area contributed by atoms with Gasteiger partial charge in [0.05, 0.1) is 13.5 Å². The standard InChI is InChI=1S/C19H21NO4/c1-13-8-9-17(24-2)15(10-13)12-18(21)20-16(19(22)23)11-14-6-4-3-5-7-14/h3-10,16H,11-12H2,1-2H3,(H,20,21)(H,22,23)/t16-/m1/s1. The summed E-state index contributed by atoms with van der Waals surface area (Å²) < 4.78 is 5.25. The predicted octanol–water partition coefficient (Wildman–Crippen LogP) is 2.36. The molecule has 2 rings (SSSR count). The van der Waals surface area contributed by atoms with Crippen molar-refractivity contribution in [1.29, 1.82) is 0 Å². The first-order chi connectivity index (χ1) is 11.5. The van der Waals surface area contributed by atoms with E-state index >= 15 is 0 Å². The van der Waals surface area contributed by atoms with Crippen LogP contribution in [-0.2, 0) is 22.4 Å². The summed E-state index contributed by atoms with van der Waals surface area (Å²) >= 11 is 0. The van der Waals surface area contributed by atoms with E-state index < -0.39 is 12.0 Å². The Kier molecular flexibility index (Phi) is 5.95. The first kappa shape index (κ1) is 17.5. The summed E-state index contributed by atoms with van der Waals surface area (Å²) in [5.74, 6) is -0.781. The minimum atomic E-state index is -1.05. The quantitative estimate of drug-likeness (QED) is 0.818. The number of nitrogens with one attached hydrogen (secondary N) is 1. The van der Waals surface area contributed by atoms with Crippen molar-refractivity contribution >= 4 is 11.9 Å². The number of methoxy groups -OCH3 is 1. The zero-order valence-corrected chi connectivity index (χ0v) is 13.8. The van der Waals surface area contributed by atoms with Gasteiger partial charge in [-0.2, -0.15) is 0 Å². The summed E-state index contributed by atoms with van der Waals surface area (Å²) in [6.45, 7) is 1.93. The Hall–Kier alpha value is -2.82. The highest BCUT2D eigenvalue weighted by Crippen LogP contribution is 2.20. The normalized spacial score (nSPS) is 11.6. The van der Waals surface area contributed by atoms with Gasteiger partial charge in [-0.15, -0.1) is 0 Å². The average Bonchev–Trinajstić information content (AvgIpc) is 2.55. The molecule has 0 heterocycles. The fraction of sp³-hybridized carbons (Fsp3) is 0.263. The Bertz CT molecular complexity index is 713. The van der Waals surface area contributed by atoms with Gasteiger partial charge in [-0.05, 0) is 18.6 Å². The lowest BCUT2D eigenvalue weighted by Gasteiger charge is -2.15. The molecule has 0 saturated carbocycles. The number of rotatable bonds is 7. The molecular formula is C19H21NO4. The summed E-state index contributed by atoms with van der Waals surface area (Å²) in [7, 11) is 1.54. The van der Waals surface area contributed by atoms with Gasteiger partial charge in [0.1, 0.15) is 11.8 Å². The number of carboxylic acid groups (broad SMARTS) is 1. The minimum Gasteiger partial charge on any atom is -0.496 e. The summed E-state index contributed by atoms with van der Waals surface area (Å²) in [6, 6.07) is 13.8. The molecule has 0 aliphatic heterocycles. The predicted molar refractivity (Wildman–Crippen MR) is 91.1 cm³/mol. The van der Waals surface area contributed by atoms with E-state index in [0.717, 1.165) is 16.7 Å². The molecular weight excluding hydrogens is 306 g/mol. The molecule has 0 spiro atoms. The summed E-state index contributed by atoms with van der Waals surface area (Å²) in [5, 5.41) is 11.9. The molecule has 0 saturated heterocycles. The van der Waals surface area contributed by atoms with Crippen molar-refractivity contribution in [3.8, 4) is 5.75 Å². The number of hydrogen-bond donors (Lipinski definition) is 2. The van der Waals surface area contributed by atoms with Gasteiger partial charge in [-0.1, -0.05) is 48.0 Å². The fourth-order valence-electron chi connectivity index (χ4n) is 2.51. The van der Waals surface area contributed by atoms with Crippen molar-refractivity contribution < 1.29 is 19.4 Å². The fourth-order valence-corrected chi connectivity index (χ4v) is 2.51. The van der Waals surface area contributed by atoms with Crippen LogP contribution < -0.4 is 10.1 Å². The lowest BCUT2D eigenvalue weighted by Crippen LogP contribution is -2.43. The second-order valence-electron chi connectivity index (χ2n) is 5.64. The van der Waals surface area contributed by atoms with Gasteiger partial charge in [0.2, 0.25) is 5.91 Å². The number of amides is 1. The molecule has 5 heteroatoms. The van der Waals surface area contributed by atoms with E-state index in [0.29, 0.717) is 5.75 Å². The summed E-state index contributed by atoms with van der Waals surface area (Å²) in [5.41, 5.74) is 2.61. The number of benzene rings is 2. The Labute approximate surface area is 141 Å². The first-order valence-electron chi connectivity index (χ1n) is 7.69. The van der Waals surface area contributed by atoms with E-state index in [1.54, 1.807) is 13.2 Å². The largest absolute Gasteiger partial charge is 0.496 e. The van der Waals surface area contributed by atoms with Crippen LogP contribution in [0.5, 0.6) is 5.75 Å². The third-order valence-electron chi connectivity index (χ3n) is 3.70. The third kappa shape index (κ3) is 4.84. The van der Waals surface area contributed by atoms with Gasteiger partial charge in [0.25, 0.3) is 0 Å². The molecule has 0 aliphatic carbocycles. The van der Waals surface area contributed by atoms with Crippen molar-refractivity contribution in [1.82, 2.24) is 5.32 Å². The number of carbonyl (C=O) groups excluding carboxylic acids is 1. The topological polar surface area (TPSA) is 75.6 Å². The van der Waals surface area contributed by atoms with Crippen LogP contribution in [0.1, 0.15) is 16.7 Å². The molecule has 0 radical (unpaired) electrons. The number of carboxylic acids is 1. The van der Waals surface area contributed by atoms with E-state index in [4.69, 9.17) is 4.74 Å². The summed E-state index contributed by atoms with van der Waals surface area (Å²) in [4.78, 5) is 23.7. The molecule has 126 valence electrons. The zero-order valence-electron chi connectivity index (χ0n) is 13.8. The number of ether oxygens (including phenoxy) is 1. The Morgan fingerprint density at radius 3 is 2.50 bits per heavy atom. The maximum absolute atomic E-state index is 12.3. The lowest BCUT2D eigenvalue weighted by molar-refractivity contribution is -0.141. The van der Waals surface area contributed by atoms with Crippen LogP contribution in [-0.4, -0.2) is 30.1 Å². The molecule has 0 unspecified atom stereocenters. The third-order valence-corrected chi connectivity index (χ3v) is 3.70. The van der Waals surface area contributed by atoms with Gasteiger partial charge in [0.15, 0.2) is 0 Å². The molecule has 1 atom stereocenters. The molecule has 2 aromatic rings. The van der Waals surface area contributed by atoms with Gasteiger partial charge < -0.3 is 15.2 Å². The first-order valence-corrected chi connectivity index (χ1v) is 7.69. The maximum atomic E-state index is 12.3. The molecule has 0 aromatic heterocycles. The molecule has 0 aliphatic rings. The van der Waals surface area contributed by atoms with E-state index in [1.807, 2.05) is 49.4 Å². The van der Waals surface area contributed by atoms with E-state index in [-0.39, 0.29) is 18.7 Å². The number of hydrogen-bond acceptors (Lipinski definition) is 3. The van der Waals surface area contributed by atoms with Gasteiger partial charge in [0, 0.05) is 12.0 Å². The van der Waals surface area contributed by atoms with Crippen LogP contribution in [0.4, 0.5) is 0 Å². The monoisotopic (exact) mass is 327 g/mol. The molecule has 2 aromatic carbocycles. The molecule has 5 nitrogen and oxygen atoms in total. The molecule has 2 N–H and O–H groups in total. The van der Waals surface area contributed by atoms with E-state index in [2.05, 4.69) is 5.32 Å². The summed E-state index contributed by atoms with van der Waals surface area (Å²) in [6.07, 6.45) is 0.316. The highest BCUT2D eigenvalue weighted by Gasteiger charge is 2.21. The second kappa shape index (κ2) is 8.15. The van der Waals surface area contributed by atoms with Crippen LogP contribution in [0.25, 0.3) is 0 Å². The van der Waals surface area contributed by atoms with Crippen LogP contribution in [0.2, 0.25) is 0 Å². The molecule has 0 fully saturated rings. The SMILES string of the molecule is COc1ccc(C)cc1CC(=O)N[C@H](Cc1ccccc1)C(=O)O. The number of aryl methyl sites for hydroxylation is 1. The van der Waals surface area contributed by atoms with Crippen molar-refractivity contribution in [2.24, 2.45) is 0 Å². The number of aliphatic carboxylic acids is 1. The van der Waals surface area contributed by atoms with Crippen molar-refractivity contribution in [3.63, 3.8) is 0 Å².